The number of likely N-dealkylation sites (N-methyl/N-ethyl adjacent to an activating group) is 1. The Morgan fingerprint density at radius 1 is 1.09 bits per heavy atom. The van der Waals surface area contributed by atoms with E-state index in [0.29, 0.717) is 11.2 Å². The molecule has 2 aliphatic carbocycles. The zero-order valence-corrected chi connectivity index (χ0v) is 18.2. The van der Waals surface area contributed by atoms with Crippen LogP contribution in [0.4, 0.5) is 0 Å². The second-order valence-electron chi connectivity index (χ2n) is 9.33. The lowest BCUT2D eigenvalue weighted by atomic mass is 9.52. The number of carboxylic acids is 3. The van der Waals surface area contributed by atoms with Gasteiger partial charge in [-0.15, -0.1) is 0 Å². The van der Waals surface area contributed by atoms with Gasteiger partial charge in [-0.1, -0.05) is 18.9 Å². The first-order valence-electron chi connectivity index (χ1n) is 10.9. The highest BCUT2D eigenvalue weighted by Gasteiger charge is 2.53. The van der Waals surface area contributed by atoms with Crippen molar-refractivity contribution in [3.63, 3.8) is 0 Å². The minimum absolute atomic E-state index is 0.377. The number of hydrogen-bond acceptors (Lipinski definition) is 6. The van der Waals surface area contributed by atoms with Crippen molar-refractivity contribution in [3.8, 4) is 5.75 Å². The average Bonchev–Trinajstić information content (AvgIpc) is 2.70. The van der Waals surface area contributed by atoms with Gasteiger partial charge in [-0.25, -0.2) is 4.79 Å². The zero-order chi connectivity index (χ0) is 23.7. The van der Waals surface area contributed by atoms with E-state index in [4.69, 9.17) is 20.4 Å². The molecule has 3 aliphatic rings. The summed E-state index contributed by atoms with van der Waals surface area (Å²) >= 11 is 0. The van der Waals surface area contributed by atoms with Crippen LogP contribution in [0.15, 0.2) is 18.2 Å². The normalized spacial score (nSPS) is 26.7. The molecule has 0 radical (unpaired) electrons. The Balaban J connectivity index is 0.000000198. The number of aliphatic carboxylic acids is 3. The van der Waals surface area contributed by atoms with E-state index < -0.39 is 36.4 Å². The number of carbonyl (C=O) groups is 3. The highest BCUT2D eigenvalue weighted by molar-refractivity contribution is 5.88. The second-order valence-corrected chi connectivity index (χ2v) is 9.33. The van der Waals surface area contributed by atoms with E-state index in [2.05, 4.69) is 24.1 Å². The quantitative estimate of drug-likeness (QED) is 0.452. The van der Waals surface area contributed by atoms with Crippen molar-refractivity contribution in [1.82, 2.24) is 4.90 Å². The summed E-state index contributed by atoms with van der Waals surface area (Å²) in [5, 5.41) is 43.7. The number of carboxylic acid groups (broad SMARTS) is 3. The van der Waals surface area contributed by atoms with Crippen LogP contribution >= 0.6 is 0 Å². The number of fused-ring (bicyclic) bond motifs is 1. The molecule has 1 aromatic rings. The minimum Gasteiger partial charge on any atom is -0.508 e. The molecule has 2 fully saturated rings. The number of hydrogen-bond donors (Lipinski definition) is 5. The third kappa shape index (κ3) is 4.59. The summed E-state index contributed by atoms with van der Waals surface area (Å²) < 4.78 is 0. The Hall–Kier alpha value is -2.65. The lowest BCUT2D eigenvalue weighted by Crippen LogP contribution is -2.59. The van der Waals surface area contributed by atoms with E-state index in [9.17, 15) is 19.5 Å². The van der Waals surface area contributed by atoms with Crippen molar-refractivity contribution >= 4 is 17.9 Å². The van der Waals surface area contributed by atoms with Crippen molar-refractivity contribution in [2.24, 2.45) is 5.92 Å². The largest absolute Gasteiger partial charge is 0.508 e. The molecule has 32 heavy (non-hydrogen) atoms. The van der Waals surface area contributed by atoms with Crippen LogP contribution in [0.5, 0.6) is 5.75 Å². The van der Waals surface area contributed by atoms with Gasteiger partial charge in [0.15, 0.2) is 5.60 Å². The predicted octanol–water partition coefficient (Wildman–Crippen LogP) is 1.83. The molecule has 9 heteroatoms. The van der Waals surface area contributed by atoms with Gasteiger partial charge in [0.2, 0.25) is 0 Å². The molecule has 176 valence electrons. The number of piperidine rings is 1. The van der Waals surface area contributed by atoms with Crippen LogP contribution in [-0.4, -0.2) is 73.6 Å². The molecular weight excluding hydrogens is 418 g/mol. The number of rotatable bonds is 5. The van der Waals surface area contributed by atoms with E-state index >= 15 is 0 Å². The standard InChI is InChI=1S/C17H23NO.C6H8O7/c1-18-9-8-17-7-3-2-4-14(17)16(18)10-12-5-6-13(19)11-15(12)17;7-3(8)1-6(13,5(11)12)2-4(9)10/h5-6,11,14,16,19H,2-4,7-10H2,1H3;13H,1-2H2,(H,7,8)(H,9,10)(H,11,12)/t14-,16-,17+;/m1./s1. The first kappa shape index (κ1) is 24.0. The van der Waals surface area contributed by atoms with E-state index in [-0.39, 0.29) is 0 Å². The van der Waals surface area contributed by atoms with E-state index in [1.165, 1.54) is 56.2 Å². The fourth-order valence-electron chi connectivity index (χ4n) is 5.90. The molecular formula is C23H31NO8. The van der Waals surface area contributed by atoms with E-state index in [1.54, 1.807) is 0 Å². The molecule has 0 amide bonds. The zero-order valence-electron chi connectivity index (χ0n) is 18.2. The van der Waals surface area contributed by atoms with Gasteiger partial charge in [0.25, 0.3) is 0 Å². The van der Waals surface area contributed by atoms with Crippen molar-refractivity contribution in [3.05, 3.63) is 29.3 Å². The van der Waals surface area contributed by atoms with Gasteiger partial charge in [-0.3, -0.25) is 9.59 Å². The number of phenols is 1. The van der Waals surface area contributed by atoms with Crippen molar-refractivity contribution in [1.29, 1.82) is 0 Å². The predicted molar refractivity (Wildman–Crippen MR) is 114 cm³/mol. The Morgan fingerprint density at radius 3 is 2.34 bits per heavy atom. The number of aromatic hydroxyl groups is 1. The van der Waals surface area contributed by atoms with Gasteiger partial charge in [-0.2, -0.15) is 0 Å². The maximum absolute atomic E-state index is 10.3. The molecule has 4 rings (SSSR count). The monoisotopic (exact) mass is 449 g/mol. The molecule has 1 saturated heterocycles. The number of nitrogens with zero attached hydrogens (tertiary/aromatic N) is 1. The molecule has 2 bridgehead atoms. The van der Waals surface area contributed by atoms with Crippen LogP contribution in [0.25, 0.3) is 0 Å². The highest BCUT2D eigenvalue weighted by atomic mass is 16.4. The van der Waals surface area contributed by atoms with E-state index in [0.717, 1.165) is 12.0 Å². The van der Waals surface area contributed by atoms with Crippen molar-refractivity contribution in [2.45, 2.75) is 68.4 Å². The van der Waals surface area contributed by atoms with Crippen LogP contribution < -0.4 is 0 Å². The maximum atomic E-state index is 10.3. The first-order valence-corrected chi connectivity index (χ1v) is 10.9. The fraction of sp³-hybridized carbons (Fsp3) is 0.609. The number of benzene rings is 1. The van der Waals surface area contributed by atoms with Crippen molar-refractivity contribution < 1.29 is 39.9 Å². The van der Waals surface area contributed by atoms with Gasteiger partial charge in [0.05, 0.1) is 12.8 Å². The Labute approximate surface area is 186 Å². The second kappa shape index (κ2) is 9.07. The molecule has 1 aliphatic heterocycles. The fourth-order valence-corrected chi connectivity index (χ4v) is 5.90. The minimum atomic E-state index is -2.74. The molecule has 1 saturated carbocycles. The molecule has 0 spiro atoms. The van der Waals surface area contributed by atoms with Crippen LogP contribution in [0, 0.1) is 5.92 Å². The smallest absolute Gasteiger partial charge is 0.336 e. The van der Waals surface area contributed by atoms with Crippen LogP contribution in [0.1, 0.15) is 56.1 Å². The molecule has 3 atom stereocenters. The summed E-state index contributed by atoms with van der Waals surface area (Å²) in [5.41, 5.74) is 0.619. The number of phenolic OH excluding ortho intramolecular Hbond substituents is 1. The number of likely N-dealkylation sites (tertiary alicyclic amines) is 1. The molecule has 1 heterocycles. The summed E-state index contributed by atoms with van der Waals surface area (Å²) in [7, 11) is 2.30. The lowest BCUT2D eigenvalue weighted by Gasteiger charge is -2.58. The summed E-state index contributed by atoms with van der Waals surface area (Å²) in [6, 6.07) is 6.85. The Kier molecular flexibility index (Phi) is 6.80. The van der Waals surface area contributed by atoms with Crippen LogP contribution in [0.3, 0.4) is 0 Å². The summed E-state index contributed by atoms with van der Waals surface area (Å²) in [6.45, 7) is 1.22. The molecule has 0 unspecified atom stereocenters. The molecule has 1 aromatic carbocycles. The third-order valence-corrected chi connectivity index (χ3v) is 7.38. The molecule has 0 aromatic heterocycles. The first-order chi connectivity index (χ1) is 15.0. The Bertz CT molecular complexity index is 884. The van der Waals surface area contributed by atoms with Gasteiger partial charge in [0, 0.05) is 11.5 Å². The van der Waals surface area contributed by atoms with Gasteiger partial charge >= 0.3 is 17.9 Å². The third-order valence-electron chi connectivity index (χ3n) is 7.38. The van der Waals surface area contributed by atoms with Gasteiger partial charge < -0.3 is 30.4 Å². The van der Waals surface area contributed by atoms with Gasteiger partial charge in [-0.05, 0) is 68.5 Å². The average molecular weight is 450 g/mol. The summed E-state index contributed by atoms with van der Waals surface area (Å²) in [5.74, 6) is -3.75. The number of aliphatic hydroxyl groups is 1. The molecule has 5 N–H and O–H groups in total. The SMILES string of the molecule is CN1CC[C@@]23CCCC[C@@H]2[C@H]1Cc1ccc(O)cc13.O=C(O)CC(O)(CC(=O)O)C(=O)O. The molecule has 9 nitrogen and oxygen atoms in total. The van der Waals surface area contributed by atoms with E-state index in [1.807, 2.05) is 6.07 Å². The lowest BCUT2D eigenvalue weighted by molar-refractivity contribution is -0.170. The Morgan fingerprint density at radius 2 is 1.75 bits per heavy atom. The van der Waals surface area contributed by atoms with Crippen LogP contribution in [-0.2, 0) is 26.2 Å². The van der Waals surface area contributed by atoms with Crippen LogP contribution in [0.2, 0.25) is 0 Å². The van der Waals surface area contributed by atoms with Gasteiger partial charge in [0.1, 0.15) is 5.75 Å². The topological polar surface area (TPSA) is 156 Å². The highest BCUT2D eigenvalue weighted by Crippen LogP contribution is 2.55. The maximum Gasteiger partial charge on any atom is 0.336 e. The summed E-state index contributed by atoms with van der Waals surface area (Å²) in [6.07, 6.45) is 5.64. The van der Waals surface area contributed by atoms with Crippen molar-refractivity contribution in [2.75, 3.05) is 13.6 Å². The summed E-state index contributed by atoms with van der Waals surface area (Å²) in [4.78, 5) is 33.1.